The van der Waals surface area contributed by atoms with Gasteiger partial charge in [-0.1, -0.05) is 18.2 Å². The van der Waals surface area contributed by atoms with E-state index in [1.165, 1.54) is 0 Å². The number of carbonyl (C=O) groups excluding carboxylic acids is 2. The van der Waals surface area contributed by atoms with Crippen molar-refractivity contribution in [2.45, 2.75) is 6.54 Å². The van der Waals surface area contributed by atoms with Gasteiger partial charge >= 0.3 is 6.09 Å². The number of methoxy groups -OCH3 is 1. The summed E-state index contributed by atoms with van der Waals surface area (Å²) in [6, 6.07) is 7.93. The molecule has 0 saturated carbocycles. The first kappa shape index (κ1) is 23.4. The zero-order chi connectivity index (χ0) is 22.9. The number of aromatic nitrogens is 2. The molecule has 1 aromatic heterocycles. The zero-order valence-electron chi connectivity index (χ0n) is 18.6. The summed E-state index contributed by atoms with van der Waals surface area (Å²) in [4.78, 5) is 38.1. The van der Waals surface area contributed by atoms with Crippen LogP contribution < -0.4 is 10.6 Å². The second kappa shape index (κ2) is 11.4. The number of amides is 2. The molecule has 1 saturated heterocycles. The van der Waals surface area contributed by atoms with E-state index in [0.29, 0.717) is 45.3 Å². The molecule has 1 aromatic carbocycles. The molecule has 0 unspecified atom stereocenters. The molecule has 10 heteroatoms. The highest BCUT2D eigenvalue weighted by Crippen LogP contribution is 2.21. The van der Waals surface area contributed by atoms with Gasteiger partial charge < -0.3 is 29.9 Å². The molecule has 3 rings (SSSR count). The number of rotatable bonds is 8. The molecule has 1 fully saturated rings. The lowest BCUT2D eigenvalue weighted by atomic mass is 10.1. The van der Waals surface area contributed by atoms with E-state index in [-0.39, 0.29) is 25.2 Å². The lowest BCUT2D eigenvalue weighted by Crippen LogP contribution is -2.49. The van der Waals surface area contributed by atoms with E-state index < -0.39 is 0 Å². The Morgan fingerprint density at radius 3 is 2.47 bits per heavy atom. The summed E-state index contributed by atoms with van der Waals surface area (Å²) in [7, 11) is 3.30. The number of anilines is 1. The standard InChI is InChI=1S/C22H30N6O4/c1-26(20(29)13-23)16-17-4-3-5-18(12-17)19-14-24-21(25-15-19)27-6-8-28(9-7-27)22(30)32-11-10-31-2/h3-5,12,14-15H,6-11,13,16,23H2,1-2H3. The first-order valence-electron chi connectivity index (χ1n) is 10.5. The van der Waals surface area contributed by atoms with Crippen LogP contribution in [0, 0.1) is 0 Å². The van der Waals surface area contributed by atoms with Crippen LogP contribution in [0.3, 0.4) is 0 Å². The van der Waals surface area contributed by atoms with Crippen molar-refractivity contribution in [3.8, 4) is 11.1 Å². The Bertz CT molecular complexity index is 900. The predicted molar refractivity (Wildman–Crippen MR) is 120 cm³/mol. The van der Waals surface area contributed by atoms with Crippen LogP contribution in [0.15, 0.2) is 36.7 Å². The lowest BCUT2D eigenvalue weighted by molar-refractivity contribution is -0.128. The molecular weight excluding hydrogens is 412 g/mol. The highest BCUT2D eigenvalue weighted by atomic mass is 16.6. The summed E-state index contributed by atoms with van der Waals surface area (Å²) in [6.07, 6.45) is 3.26. The van der Waals surface area contributed by atoms with E-state index in [0.717, 1.165) is 16.7 Å². The van der Waals surface area contributed by atoms with Gasteiger partial charge in [0.15, 0.2) is 0 Å². The van der Waals surface area contributed by atoms with Gasteiger partial charge in [-0.25, -0.2) is 14.8 Å². The molecule has 1 aliphatic heterocycles. The van der Waals surface area contributed by atoms with Gasteiger partial charge in [0.2, 0.25) is 11.9 Å². The van der Waals surface area contributed by atoms with Gasteiger partial charge in [0, 0.05) is 64.8 Å². The normalized spacial score (nSPS) is 13.7. The van der Waals surface area contributed by atoms with Gasteiger partial charge in [-0.15, -0.1) is 0 Å². The minimum absolute atomic E-state index is 0.00520. The van der Waals surface area contributed by atoms with E-state index in [2.05, 4.69) is 9.97 Å². The van der Waals surface area contributed by atoms with E-state index >= 15 is 0 Å². The van der Waals surface area contributed by atoms with Gasteiger partial charge in [-0.05, 0) is 17.2 Å². The fourth-order valence-corrected chi connectivity index (χ4v) is 3.39. The molecule has 32 heavy (non-hydrogen) atoms. The number of hydrogen-bond acceptors (Lipinski definition) is 8. The summed E-state index contributed by atoms with van der Waals surface area (Å²) in [5.74, 6) is 0.525. The Morgan fingerprint density at radius 2 is 1.81 bits per heavy atom. The molecule has 0 radical (unpaired) electrons. The number of likely N-dealkylation sites (N-methyl/N-ethyl adjacent to an activating group) is 1. The Balaban J connectivity index is 1.57. The van der Waals surface area contributed by atoms with Crippen molar-refractivity contribution >= 4 is 17.9 Å². The predicted octanol–water partition coefficient (Wildman–Crippen LogP) is 0.966. The molecule has 2 heterocycles. The number of ether oxygens (including phenoxy) is 2. The zero-order valence-corrected chi connectivity index (χ0v) is 18.6. The molecule has 0 spiro atoms. The molecule has 0 atom stereocenters. The quantitative estimate of drug-likeness (QED) is 0.602. The van der Waals surface area contributed by atoms with Gasteiger partial charge in [0.25, 0.3) is 0 Å². The van der Waals surface area contributed by atoms with Crippen molar-refractivity contribution in [1.29, 1.82) is 0 Å². The minimum Gasteiger partial charge on any atom is -0.447 e. The Hall–Kier alpha value is -3.24. The number of piperazine rings is 1. The molecule has 172 valence electrons. The summed E-state index contributed by atoms with van der Waals surface area (Å²) in [6.45, 7) is 3.49. The lowest BCUT2D eigenvalue weighted by Gasteiger charge is -2.34. The maximum atomic E-state index is 12.0. The van der Waals surface area contributed by atoms with Crippen LogP contribution in [-0.2, 0) is 20.8 Å². The molecule has 0 bridgehead atoms. The minimum atomic E-state index is -0.323. The second-order valence-electron chi connectivity index (χ2n) is 7.51. The van der Waals surface area contributed by atoms with E-state index in [1.54, 1.807) is 36.4 Å². The van der Waals surface area contributed by atoms with Crippen LogP contribution in [0.2, 0.25) is 0 Å². The van der Waals surface area contributed by atoms with E-state index in [4.69, 9.17) is 15.2 Å². The fourth-order valence-electron chi connectivity index (χ4n) is 3.39. The van der Waals surface area contributed by atoms with Crippen molar-refractivity contribution in [2.24, 2.45) is 5.73 Å². The first-order valence-corrected chi connectivity index (χ1v) is 10.5. The molecule has 2 amide bonds. The summed E-state index contributed by atoms with van der Waals surface area (Å²) < 4.78 is 10.1. The maximum Gasteiger partial charge on any atom is 0.409 e. The average Bonchev–Trinajstić information content (AvgIpc) is 2.84. The molecule has 2 N–H and O–H groups in total. The highest BCUT2D eigenvalue weighted by molar-refractivity contribution is 5.77. The monoisotopic (exact) mass is 442 g/mol. The number of benzene rings is 1. The molecular formula is C22H30N6O4. The highest BCUT2D eigenvalue weighted by Gasteiger charge is 2.23. The molecule has 10 nitrogen and oxygen atoms in total. The van der Waals surface area contributed by atoms with Crippen LogP contribution in [-0.4, -0.2) is 91.9 Å². The van der Waals surface area contributed by atoms with Gasteiger partial charge in [0.05, 0.1) is 13.2 Å². The number of nitrogens with two attached hydrogens (primary N) is 1. The van der Waals surface area contributed by atoms with Crippen molar-refractivity contribution in [3.05, 3.63) is 42.2 Å². The Kier molecular flexibility index (Phi) is 8.34. The van der Waals surface area contributed by atoms with Crippen LogP contribution in [0.5, 0.6) is 0 Å². The van der Waals surface area contributed by atoms with E-state index in [1.807, 2.05) is 29.2 Å². The van der Waals surface area contributed by atoms with Crippen molar-refractivity contribution in [2.75, 3.05) is 65.0 Å². The smallest absolute Gasteiger partial charge is 0.409 e. The van der Waals surface area contributed by atoms with Gasteiger partial charge in [-0.3, -0.25) is 4.79 Å². The van der Waals surface area contributed by atoms with Crippen molar-refractivity contribution < 1.29 is 19.1 Å². The van der Waals surface area contributed by atoms with Gasteiger partial charge in [-0.2, -0.15) is 0 Å². The number of hydrogen-bond donors (Lipinski definition) is 1. The largest absolute Gasteiger partial charge is 0.447 e. The maximum absolute atomic E-state index is 12.0. The first-order chi connectivity index (χ1) is 15.5. The summed E-state index contributed by atoms with van der Waals surface area (Å²) in [5.41, 5.74) is 8.30. The van der Waals surface area contributed by atoms with Crippen LogP contribution >= 0.6 is 0 Å². The van der Waals surface area contributed by atoms with Crippen LogP contribution in [0.25, 0.3) is 11.1 Å². The Morgan fingerprint density at radius 1 is 1.09 bits per heavy atom. The van der Waals surface area contributed by atoms with Crippen LogP contribution in [0.4, 0.5) is 10.7 Å². The average molecular weight is 443 g/mol. The third kappa shape index (κ3) is 6.14. The second-order valence-corrected chi connectivity index (χ2v) is 7.51. The molecule has 0 aliphatic carbocycles. The summed E-state index contributed by atoms with van der Waals surface area (Å²) >= 11 is 0. The molecule has 2 aromatic rings. The third-order valence-corrected chi connectivity index (χ3v) is 5.25. The van der Waals surface area contributed by atoms with Crippen molar-refractivity contribution in [3.63, 3.8) is 0 Å². The van der Waals surface area contributed by atoms with Gasteiger partial charge in [0.1, 0.15) is 6.61 Å². The topological polar surface area (TPSA) is 114 Å². The number of carbonyl (C=O) groups is 2. The third-order valence-electron chi connectivity index (χ3n) is 5.25. The Labute approximate surface area is 187 Å². The van der Waals surface area contributed by atoms with E-state index in [9.17, 15) is 9.59 Å². The van der Waals surface area contributed by atoms with Crippen LogP contribution in [0.1, 0.15) is 5.56 Å². The number of nitrogens with zero attached hydrogens (tertiary/aromatic N) is 5. The SMILES string of the molecule is COCCOC(=O)N1CCN(c2ncc(-c3cccc(CN(C)C(=O)CN)c3)cn2)CC1. The molecule has 1 aliphatic rings. The fraction of sp³-hybridized carbons (Fsp3) is 0.455. The summed E-state index contributed by atoms with van der Waals surface area (Å²) in [5, 5.41) is 0. The van der Waals surface area contributed by atoms with Crippen molar-refractivity contribution in [1.82, 2.24) is 19.8 Å².